The van der Waals surface area contributed by atoms with Gasteiger partial charge < -0.3 is 4.74 Å². The third kappa shape index (κ3) is 4.87. The minimum absolute atomic E-state index is 0.0233. The fourth-order valence-corrected chi connectivity index (χ4v) is 5.27. The van der Waals surface area contributed by atoms with Crippen LogP contribution in [0.1, 0.15) is 63.0 Å². The van der Waals surface area contributed by atoms with Crippen LogP contribution < -0.4 is 0 Å². The van der Waals surface area contributed by atoms with Gasteiger partial charge in [0.1, 0.15) is 5.82 Å². The maximum Gasteiger partial charge on any atom is 0.194 e. The number of hydrogen-bond acceptors (Lipinski definition) is 1. The van der Waals surface area contributed by atoms with Gasteiger partial charge in [0, 0.05) is 5.56 Å². The molecule has 1 saturated carbocycles. The van der Waals surface area contributed by atoms with Crippen molar-refractivity contribution in [1.82, 2.24) is 0 Å². The molecule has 0 spiro atoms. The van der Waals surface area contributed by atoms with Crippen LogP contribution in [0, 0.1) is 35.1 Å². The van der Waals surface area contributed by atoms with Gasteiger partial charge in [-0.1, -0.05) is 25.5 Å². The summed E-state index contributed by atoms with van der Waals surface area (Å²) in [6.45, 7) is 2.15. The lowest BCUT2D eigenvalue weighted by Gasteiger charge is -2.36. The topological polar surface area (TPSA) is 9.23 Å². The largest absolute Gasteiger partial charge is 0.498 e. The predicted octanol–water partition coefficient (Wildman–Crippen LogP) is 7.90. The fraction of sp³-hybridized carbons (Fsp3) is 0.481. The van der Waals surface area contributed by atoms with E-state index in [9.17, 15) is 13.2 Å². The molecule has 1 fully saturated rings. The first-order chi connectivity index (χ1) is 15.5. The Kier molecular flexibility index (Phi) is 7.22. The van der Waals surface area contributed by atoms with Gasteiger partial charge in [-0.25, -0.2) is 17.6 Å². The number of allylic oxidation sites excluding steroid dienone is 1. The molecule has 2 aliphatic carbocycles. The molecule has 0 aliphatic heterocycles. The van der Waals surface area contributed by atoms with Crippen LogP contribution in [-0.4, -0.2) is 6.10 Å². The standard InChI is InChI=1S/C27H30F4O/c1-2-3-4-13-32-21-9-5-17(6-10-21)18-7-11-22-19(14-18)8-12-23(26(22)30)20-15-24(28)27(31)25(29)16-20/h4,8,12-13,15-18,21H,2-3,5-7,9-11,14H2,1H3/b13-4-. The molecule has 172 valence electrons. The molecule has 5 heteroatoms. The van der Waals surface area contributed by atoms with Crippen LogP contribution >= 0.6 is 0 Å². The summed E-state index contributed by atoms with van der Waals surface area (Å²) >= 11 is 0. The van der Waals surface area contributed by atoms with Crippen LogP contribution in [0.4, 0.5) is 17.6 Å². The molecule has 0 amide bonds. The molecule has 2 aromatic rings. The molecule has 0 bridgehead atoms. The first-order valence-electron chi connectivity index (χ1n) is 11.7. The second-order valence-corrected chi connectivity index (χ2v) is 9.15. The van der Waals surface area contributed by atoms with Crippen LogP contribution in [0.3, 0.4) is 0 Å². The van der Waals surface area contributed by atoms with Crippen molar-refractivity contribution in [2.75, 3.05) is 0 Å². The predicted molar refractivity (Wildman–Crippen MR) is 118 cm³/mol. The van der Waals surface area contributed by atoms with Gasteiger partial charge in [0.2, 0.25) is 0 Å². The Morgan fingerprint density at radius 3 is 2.31 bits per heavy atom. The van der Waals surface area contributed by atoms with Gasteiger partial charge in [0.15, 0.2) is 17.5 Å². The minimum Gasteiger partial charge on any atom is -0.498 e. The van der Waals surface area contributed by atoms with E-state index < -0.39 is 23.3 Å². The SMILES string of the molecule is CCC/C=C\OC1CCC(C2CCc3c(ccc(-c4cc(F)c(F)c(F)c4)c3F)C2)CC1. The van der Waals surface area contributed by atoms with Gasteiger partial charge in [-0.2, -0.15) is 0 Å². The summed E-state index contributed by atoms with van der Waals surface area (Å²) in [7, 11) is 0. The molecule has 1 atom stereocenters. The van der Waals surface area contributed by atoms with Crippen LogP contribution in [-0.2, 0) is 17.6 Å². The third-order valence-electron chi connectivity index (χ3n) is 7.09. The number of unbranched alkanes of at least 4 members (excludes halogenated alkanes) is 1. The average Bonchev–Trinajstić information content (AvgIpc) is 2.80. The number of ether oxygens (including phenoxy) is 1. The lowest BCUT2D eigenvalue weighted by Crippen LogP contribution is -2.29. The van der Waals surface area contributed by atoms with Crippen molar-refractivity contribution in [2.45, 2.75) is 70.8 Å². The molecule has 2 aliphatic rings. The van der Waals surface area contributed by atoms with Crippen molar-refractivity contribution in [2.24, 2.45) is 11.8 Å². The molecular weight excluding hydrogens is 416 g/mol. The second-order valence-electron chi connectivity index (χ2n) is 9.15. The smallest absolute Gasteiger partial charge is 0.194 e. The van der Waals surface area contributed by atoms with Gasteiger partial charge in [-0.05, 0) is 98.1 Å². The van der Waals surface area contributed by atoms with Crippen LogP contribution in [0.5, 0.6) is 0 Å². The van der Waals surface area contributed by atoms with Crippen molar-refractivity contribution in [3.05, 3.63) is 71.0 Å². The first-order valence-corrected chi connectivity index (χ1v) is 11.7. The van der Waals surface area contributed by atoms with E-state index in [-0.39, 0.29) is 11.1 Å². The van der Waals surface area contributed by atoms with Gasteiger partial charge in [0.05, 0.1) is 12.4 Å². The van der Waals surface area contributed by atoms with Gasteiger partial charge in [-0.3, -0.25) is 0 Å². The van der Waals surface area contributed by atoms with E-state index >= 15 is 4.39 Å². The maximum atomic E-state index is 15.2. The average molecular weight is 447 g/mol. The van der Waals surface area contributed by atoms with E-state index in [2.05, 4.69) is 13.0 Å². The highest BCUT2D eigenvalue weighted by atomic mass is 19.2. The van der Waals surface area contributed by atoms with E-state index in [4.69, 9.17) is 4.74 Å². The highest BCUT2D eigenvalue weighted by molar-refractivity contribution is 5.66. The van der Waals surface area contributed by atoms with Crippen LogP contribution in [0.25, 0.3) is 11.1 Å². The maximum absolute atomic E-state index is 15.2. The lowest BCUT2D eigenvalue weighted by molar-refractivity contribution is 0.0712. The highest BCUT2D eigenvalue weighted by Gasteiger charge is 2.32. The Morgan fingerprint density at radius 2 is 1.62 bits per heavy atom. The Hall–Kier alpha value is -2.30. The Balaban J connectivity index is 1.42. The van der Waals surface area contributed by atoms with E-state index in [0.717, 1.165) is 69.1 Å². The van der Waals surface area contributed by atoms with Crippen molar-refractivity contribution < 1.29 is 22.3 Å². The summed E-state index contributed by atoms with van der Waals surface area (Å²) in [4.78, 5) is 0. The highest BCUT2D eigenvalue weighted by Crippen LogP contribution is 2.40. The van der Waals surface area contributed by atoms with Crippen molar-refractivity contribution in [3.63, 3.8) is 0 Å². The number of benzene rings is 2. The normalized spacial score (nSPS) is 23.3. The summed E-state index contributed by atoms with van der Waals surface area (Å²) < 4.78 is 61.7. The van der Waals surface area contributed by atoms with E-state index in [1.165, 1.54) is 0 Å². The van der Waals surface area contributed by atoms with Crippen molar-refractivity contribution in [3.8, 4) is 11.1 Å². The Bertz CT molecular complexity index is 953. The van der Waals surface area contributed by atoms with E-state index in [0.29, 0.717) is 29.9 Å². The fourth-order valence-electron chi connectivity index (χ4n) is 5.27. The zero-order valence-corrected chi connectivity index (χ0v) is 18.5. The molecule has 32 heavy (non-hydrogen) atoms. The second kappa shape index (κ2) is 10.1. The molecule has 0 N–H and O–H groups in total. The zero-order chi connectivity index (χ0) is 22.7. The molecule has 1 nitrogen and oxygen atoms in total. The molecule has 2 aromatic carbocycles. The Morgan fingerprint density at radius 1 is 0.906 bits per heavy atom. The summed E-state index contributed by atoms with van der Waals surface area (Å²) in [6, 6.07) is 5.14. The summed E-state index contributed by atoms with van der Waals surface area (Å²) in [5.41, 5.74) is 1.75. The van der Waals surface area contributed by atoms with Gasteiger partial charge in [-0.15, -0.1) is 0 Å². The third-order valence-corrected chi connectivity index (χ3v) is 7.09. The molecule has 1 unspecified atom stereocenters. The molecular formula is C27H30F4O. The van der Waals surface area contributed by atoms with Crippen LogP contribution in [0.2, 0.25) is 0 Å². The van der Waals surface area contributed by atoms with Crippen molar-refractivity contribution >= 4 is 0 Å². The summed E-state index contributed by atoms with van der Waals surface area (Å²) in [5.74, 6) is -3.46. The van der Waals surface area contributed by atoms with E-state index in [1.54, 1.807) is 6.07 Å². The molecule has 0 radical (unpaired) electrons. The van der Waals surface area contributed by atoms with E-state index in [1.807, 2.05) is 12.3 Å². The number of hydrogen-bond donors (Lipinski definition) is 0. The first kappa shape index (κ1) is 22.9. The molecule has 0 saturated heterocycles. The molecule has 0 aromatic heterocycles. The number of halogens is 4. The van der Waals surface area contributed by atoms with Crippen LogP contribution in [0.15, 0.2) is 36.6 Å². The zero-order valence-electron chi connectivity index (χ0n) is 18.5. The van der Waals surface area contributed by atoms with Gasteiger partial charge in [0.25, 0.3) is 0 Å². The molecule has 0 heterocycles. The van der Waals surface area contributed by atoms with Gasteiger partial charge >= 0.3 is 0 Å². The quantitative estimate of drug-likeness (QED) is 0.249. The monoisotopic (exact) mass is 446 g/mol. The summed E-state index contributed by atoms with van der Waals surface area (Å²) in [6.07, 6.45) is 13.1. The number of fused-ring (bicyclic) bond motifs is 1. The Labute approximate surface area is 187 Å². The molecule has 4 rings (SSSR count). The minimum atomic E-state index is -1.54. The van der Waals surface area contributed by atoms with Crippen molar-refractivity contribution in [1.29, 1.82) is 0 Å². The lowest BCUT2D eigenvalue weighted by atomic mass is 9.71. The number of rotatable bonds is 6. The summed E-state index contributed by atoms with van der Waals surface area (Å²) in [5, 5.41) is 0.